The van der Waals surface area contributed by atoms with Crippen molar-refractivity contribution >= 4 is 11.5 Å². The predicted molar refractivity (Wildman–Crippen MR) is 39.0 cm³/mol. The standard InChI is InChI=1S/C6H7F3N2S/c1-4-10-5(11-12-4)2-3-6(7,8)9/h2-3H2,1H3. The summed E-state index contributed by atoms with van der Waals surface area (Å²) in [5.74, 6) is 0.287. The summed E-state index contributed by atoms with van der Waals surface area (Å²) in [5, 5.41) is 0.701. The minimum Gasteiger partial charge on any atom is -0.225 e. The molecule has 0 aromatic carbocycles. The van der Waals surface area contributed by atoms with Gasteiger partial charge >= 0.3 is 6.18 Å². The van der Waals surface area contributed by atoms with Crippen LogP contribution in [0.5, 0.6) is 0 Å². The fourth-order valence-electron chi connectivity index (χ4n) is 0.696. The molecule has 1 heterocycles. The predicted octanol–water partition coefficient (Wildman–Crippen LogP) is 2.34. The van der Waals surface area contributed by atoms with Gasteiger partial charge in [0.2, 0.25) is 0 Å². The highest BCUT2D eigenvalue weighted by Crippen LogP contribution is 2.21. The van der Waals surface area contributed by atoms with Crippen molar-refractivity contribution in [1.29, 1.82) is 0 Å². The SMILES string of the molecule is Cc1nc(CCC(F)(F)F)ns1. The Morgan fingerprint density at radius 3 is 2.50 bits per heavy atom. The monoisotopic (exact) mass is 196 g/mol. The maximum Gasteiger partial charge on any atom is 0.389 e. The first-order chi connectivity index (χ1) is 5.47. The van der Waals surface area contributed by atoms with Crippen LogP contribution in [0.4, 0.5) is 13.2 Å². The number of nitrogens with zero attached hydrogens (tertiary/aromatic N) is 2. The van der Waals surface area contributed by atoms with Gasteiger partial charge in [0.25, 0.3) is 0 Å². The zero-order chi connectivity index (χ0) is 9.19. The fourth-order valence-corrected chi connectivity index (χ4v) is 1.21. The Bertz CT molecular complexity index is 256. The van der Waals surface area contributed by atoms with E-state index in [9.17, 15) is 13.2 Å². The molecule has 0 saturated carbocycles. The molecule has 1 rings (SSSR count). The Morgan fingerprint density at radius 2 is 2.08 bits per heavy atom. The molecule has 0 aliphatic rings. The lowest BCUT2D eigenvalue weighted by molar-refractivity contribution is -0.134. The Hall–Kier alpha value is -0.650. The summed E-state index contributed by atoms with van der Waals surface area (Å²) in [5.41, 5.74) is 0. The maximum absolute atomic E-state index is 11.7. The second-order valence-corrected chi connectivity index (χ2v) is 3.30. The van der Waals surface area contributed by atoms with Gasteiger partial charge in [0.15, 0.2) is 0 Å². The molecule has 0 bridgehead atoms. The van der Waals surface area contributed by atoms with Crippen molar-refractivity contribution in [2.24, 2.45) is 0 Å². The third kappa shape index (κ3) is 3.17. The van der Waals surface area contributed by atoms with E-state index < -0.39 is 12.6 Å². The molecule has 6 heteroatoms. The lowest BCUT2D eigenvalue weighted by Crippen LogP contribution is -2.09. The molecule has 0 fully saturated rings. The second-order valence-electron chi connectivity index (χ2n) is 2.34. The van der Waals surface area contributed by atoms with Gasteiger partial charge in [-0.25, -0.2) is 4.98 Å². The summed E-state index contributed by atoms with van der Waals surface area (Å²) in [4.78, 5) is 3.82. The summed E-state index contributed by atoms with van der Waals surface area (Å²) in [6.07, 6.45) is -5.07. The van der Waals surface area contributed by atoms with Crippen molar-refractivity contribution in [2.75, 3.05) is 0 Å². The van der Waals surface area contributed by atoms with E-state index in [2.05, 4.69) is 9.36 Å². The van der Waals surface area contributed by atoms with Gasteiger partial charge in [0, 0.05) is 6.42 Å². The molecule has 0 atom stereocenters. The first-order valence-electron chi connectivity index (χ1n) is 3.33. The van der Waals surface area contributed by atoms with Crippen LogP contribution in [0.15, 0.2) is 0 Å². The summed E-state index contributed by atoms with van der Waals surface area (Å²) in [6.45, 7) is 1.72. The van der Waals surface area contributed by atoms with Gasteiger partial charge in [-0.2, -0.15) is 17.5 Å². The largest absolute Gasteiger partial charge is 0.389 e. The maximum atomic E-state index is 11.7. The van der Waals surface area contributed by atoms with Gasteiger partial charge in [0.05, 0.1) is 6.42 Å². The van der Waals surface area contributed by atoms with E-state index in [4.69, 9.17) is 0 Å². The van der Waals surface area contributed by atoms with E-state index in [-0.39, 0.29) is 12.2 Å². The number of hydrogen-bond donors (Lipinski definition) is 0. The van der Waals surface area contributed by atoms with Gasteiger partial charge < -0.3 is 0 Å². The van der Waals surface area contributed by atoms with Crippen LogP contribution in [-0.4, -0.2) is 15.5 Å². The lowest BCUT2D eigenvalue weighted by atomic mass is 10.3. The zero-order valence-electron chi connectivity index (χ0n) is 6.35. The van der Waals surface area contributed by atoms with Gasteiger partial charge in [-0.15, -0.1) is 0 Å². The summed E-state index contributed by atoms with van der Waals surface area (Å²) in [7, 11) is 0. The first-order valence-corrected chi connectivity index (χ1v) is 4.10. The van der Waals surface area contributed by atoms with Crippen LogP contribution >= 0.6 is 11.5 Å². The molecule has 0 spiro atoms. The minimum absolute atomic E-state index is 0.117. The molecule has 0 radical (unpaired) electrons. The summed E-state index contributed by atoms with van der Waals surface area (Å²) < 4.78 is 38.8. The van der Waals surface area contributed by atoms with Crippen LogP contribution in [-0.2, 0) is 6.42 Å². The highest BCUT2D eigenvalue weighted by Gasteiger charge is 2.27. The van der Waals surface area contributed by atoms with E-state index in [1.165, 1.54) is 0 Å². The molecule has 68 valence electrons. The van der Waals surface area contributed by atoms with Crippen LogP contribution in [0.25, 0.3) is 0 Å². The minimum atomic E-state index is -4.11. The topological polar surface area (TPSA) is 25.8 Å². The molecule has 0 aliphatic heterocycles. The normalized spacial score (nSPS) is 12.0. The van der Waals surface area contributed by atoms with Crippen molar-refractivity contribution in [1.82, 2.24) is 9.36 Å². The highest BCUT2D eigenvalue weighted by atomic mass is 32.1. The molecule has 1 aromatic rings. The van der Waals surface area contributed by atoms with Crippen molar-refractivity contribution in [3.63, 3.8) is 0 Å². The smallest absolute Gasteiger partial charge is 0.225 e. The Balaban J connectivity index is 2.44. The molecule has 0 amide bonds. The van der Waals surface area contributed by atoms with Gasteiger partial charge in [-0.1, -0.05) is 0 Å². The Kier molecular flexibility index (Phi) is 2.66. The summed E-state index contributed by atoms with van der Waals surface area (Å²) >= 11 is 1.13. The van der Waals surface area contributed by atoms with Gasteiger partial charge in [0.1, 0.15) is 10.8 Å². The lowest BCUT2D eigenvalue weighted by Gasteiger charge is -2.02. The van der Waals surface area contributed by atoms with Crippen LogP contribution in [0.3, 0.4) is 0 Å². The fraction of sp³-hybridized carbons (Fsp3) is 0.667. The molecule has 0 aliphatic carbocycles. The molecular formula is C6H7F3N2S. The molecule has 0 unspecified atom stereocenters. The van der Waals surface area contributed by atoms with Gasteiger partial charge in [-0.05, 0) is 18.5 Å². The van der Waals surface area contributed by atoms with E-state index in [1.54, 1.807) is 6.92 Å². The zero-order valence-corrected chi connectivity index (χ0v) is 7.17. The van der Waals surface area contributed by atoms with E-state index >= 15 is 0 Å². The third-order valence-electron chi connectivity index (χ3n) is 1.20. The molecule has 1 aromatic heterocycles. The summed E-state index contributed by atoms with van der Waals surface area (Å²) in [6, 6.07) is 0. The van der Waals surface area contributed by atoms with Crippen molar-refractivity contribution in [3.05, 3.63) is 10.8 Å². The van der Waals surface area contributed by atoms with Crippen molar-refractivity contribution in [2.45, 2.75) is 25.9 Å². The number of hydrogen-bond acceptors (Lipinski definition) is 3. The number of rotatable bonds is 2. The quantitative estimate of drug-likeness (QED) is 0.725. The molecule has 0 saturated heterocycles. The third-order valence-corrected chi connectivity index (χ3v) is 1.86. The number of alkyl halides is 3. The average Bonchev–Trinajstić information content (AvgIpc) is 2.30. The second kappa shape index (κ2) is 3.38. The van der Waals surface area contributed by atoms with Crippen molar-refractivity contribution in [3.8, 4) is 0 Å². The van der Waals surface area contributed by atoms with Crippen LogP contribution in [0.2, 0.25) is 0 Å². The van der Waals surface area contributed by atoms with E-state index in [0.717, 1.165) is 11.5 Å². The van der Waals surface area contributed by atoms with Gasteiger partial charge in [-0.3, -0.25) is 0 Å². The van der Waals surface area contributed by atoms with Crippen LogP contribution < -0.4 is 0 Å². The highest BCUT2D eigenvalue weighted by molar-refractivity contribution is 7.05. The van der Waals surface area contributed by atoms with E-state index in [1.807, 2.05) is 0 Å². The Labute approximate surface area is 71.6 Å². The number of aromatic nitrogens is 2. The van der Waals surface area contributed by atoms with Crippen molar-refractivity contribution < 1.29 is 13.2 Å². The number of aryl methyl sites for hydroxylation is 2. The van der Waals surface area contributed by atoms with Crippen LogP contribution in [0.1, 0.15) is 17.3 Å². The first kappa shape index (κ1) is 9.44. The molecule has 0 N–H and O–H groups in total. The van der Waals surface area contributed by atoms with E-state index in [0.29, 0.717) is 5.01 Å². The number of halogens is 3. The molecular weight excluding hydrogens is 189 g/mol. The molecule has 12 heavy (non-hydrogen) atoms. The Morgan fingerprint density at radius 1 is 1.42 bits per heavy atom. The van der Waals surface area contributed by atoms with Crippen LogP contribution in [0, 0.1) is 6.92 Å². The molecule has 2 nitrogen and oxygen atoms in total. The average molecular weight is 196 g/mol.